The molecule has 1 fully saturated rings. The van der Waals surface area contributed by atoms with E-state index in [1.165, 1.54) is 0 Å². The first-order valence-electron chi connectivity index (χ1n) is 4.67. The fourth-order valence-electron chi connectivity index (χ4n) is 2.04. The van der Waals surface area contributed by atoms with Gasteiger partial charge in [0, 0.05) is 24.9 Å². The molecule has 1 N–H and O–H groups in total. The van der Waals surface area contributed by atoms with Crippen molar-refractivity contribution >= 4 is 0 Å². The Balaban J connectivity index is 2.42. The van der Waals surface area contributed by atoms with Crippen LogP contribution < -0.4 is 0 Å². The highest BCUT2D eigenvalue weighted by molar-refractivity contribution is 5.16. The van der Waals surface area contributed by atoms with Crippen molar-refractivity contribution in [3.63, 3.8) is 0 Å². The van der Waals surface area contributed by atoms with Crippen molar-refractivity contribution < 1.29 is 5.11 Å². The van der Waals surface area contributed by atoms with Crippen molar-refractivity contribution in [1.29, 1.82) is 0 Å². The van der Waals surface area contributed by atoms with Crippen LogP contribution in [0.4, 0.5) is 0 Å². The van der Waals surface area contributed by atoms with Crippen LogP contribution in [-0.4, -0.2) is 14.7 Å². The molecule has 0 aliphatic heterocycles. The minimum atomic E-state index is -0.717. The summed E-state index contributed by atoms with van der Waals surface area (Å²) < 4.78 is 1.90. The Morgan fingerprint density at radius 2 is 2.15 bits per heavy atom. The monoisotopic (exact) mass is 180 g/mol. The Bertz CT molecular complexity index is 329. The van der Waals surface area contributed by atoms with Crippen LogP contribution in [-0.2, 0) is 12.6 Å². The average Bonchev–Trinajstić information content (AvgIpc) is 2.48. The number of imidazole rings is 1. The number of nitrogens with zero attached hydrogens (tertiary/aromatic N) is 2. The molecule has 0 aromatic carbocycles. The third-order valence-corrected chi connectivity index (χ3v) is 3.42. The molecule has 0 bridgehead atoms. The molecular weight excluding hydrogens is 164 g/mol. The quantitative estimate of drug-likeness (QED) is 0.710. The first-order valence-corrected chi connectivity index (χ1v) is 4.67. The molecule has 2 rings (SSSR count). The second-order valence-electron chi connectivity index (χ2n) is 4.61. The Kier molecular flexibility index (Phi) is 1.58. The van der Waals surface area contributed by atoms with Crippen LogP contribution in [0.15, 0.2) is 12.4 Å². The predicted molar refractivity (Wildman–Crippen MR) is 50.1 cm³/mol. The molecule has 1 aromatic rings. The van der Waals surface area contributed by atoms with E-state index < -0.39 is 5.60 Å². The van der Waals surface area contributed by atoms with Gasteiger partial charge in [0.15, 0.2) is 0 Å². The van der Waals surface area contributed by atoms with Crippen LogP contribution in [0.5, 0.6) is 0 Å². The van der Waals surface area contributed by atoms with Gasteiger partial charge in [-0.25, -0.2) is 4.98 Å². The zero-order valence-electron chi connectivity index (χ0n) is 8.41. The van der Waals surface area contributed by atoms with Crippen molar-refractivity contribution in [3.05, 3.63) is 18.2 Å². The highest BCUT2D eigenvalue weighted by atomic mass is 16.3. The van der Waals surface area contributed by atoms with Crippen molar-refractivity contribution in [2.75, 3.05) is 0 Å². The van der Waals surface area contributed by atoms with Gasteiger partial charge in [-0.3, -0.25) is 0 Å². The lowest BCUT2D eigenvalue weighted by Gasteiger charge is -2.51. The second-order valence-corrected chi connectivity index (χ2v) is 4.61. The van der Waals surface area contributed by atoms with Crippen LogP contribution in [0.3, 0.4) is 0 Å². The van der Waals surface area contributed by atoms with Gasteiger partial charge in [0.2, 0.25) is 0 Å². The number of aromatic nitrogens is 2. The average molecular weight is 180 g/mol. The molecule has 0 amide bonds. The topological polar surface area (TPSA) is 38.0 Å². The molecule has 1 heterocycles. The maximum absolute atomic E-state index is 10.4. The lowest BCUT2D eigenvalue weighted by atomic mass is 9.58. The molecule has 1 aromatic heterocycles. The predicted octanol–water partition coefficient (Wildman–Crippen LogP) is 1.43. The summed E-state index contributed by atoms with van der Waals surface area (Å²) in [7, 11) is 1.93. The third kappa shape index (κ3) is 0.967. The fraction of sp³-hybridized carbons (Fsp3) is 0.700. The number of hydrogen-bond acceptors (Lipinski definition) is 2. The summed E-state index contributed by atoms with van der Waals surface area (Å²) in [6.07, 6.45) is 5.50. The Morgan fingerprint density at radius 1 is 1.46 bits per heavy atom. The zero-order chi connectivity index (χ0) is 9.69. The Morgan fingerprint density at radius 3 is 2.46 bits per heavy atom. The van der Waals surface area contributed by atoms with Crippen LogP contribution in [0.2, 0.25) is 0 Å². The van der Waals surface area contributed by atoms with Crippen molar-refractivity contribution in [3.8, 4) is 0 Å². The van der Waals surface area contributed by atoms with Gasteiger partial charge < -0.3 is 9.67 Å². The maximum atomic E-state index is 10.4. The zero-order valence-corrected chi connectivity index (χ0v) is 8.41. The molecule has 3 heteroatoms. The normalized spacial score (nSPS) is 31.4. The summed E-state index contributed by atoms with van der Waals surface area (Å²) in [5.41, 5.74) is -0.753. The summed E-state index contributed by atoms with van der Waals surface area (Å²) in [4.78, 5) is 4.22. The first-order chi connectivity index (χ1) is 5.97. The molecule has 1 atom stereocenters. The lowest BCUT2D eigenvalue weighted by molar-refractivity contribution is -0.163. The molecule has 72 valence electrons. The van der Waals surface area contributed by atoms with E-state index in [2.05, 4.69) is 18.8 Å². The third-order valence-electron chi connectivity index (χ3n) is 3.42. The van der Waals surface area contributed by atoms with E-state index in [-0.39, 0.29) is 5.41 Å². The molecule has 0 radical (unpaired) electrons. The van der Waals surface area contributed by atoms with Crippen LogP contribution in [0, 0.1) is 5.41 Å². The van der Waals surface area contributed by atoms with Crippen molar-refractivity contribution in [2.45, 2.75) is 32.3 Å². The minimum Gasteiger partial charge on any atom is -0.381 e. The standard InChI is InChI=1S/C10H16N2O/c1-9(2)4-5-10(9,13)8-11-6-7-12(8)3/h6-7,13H,4-5H2,1-3H3. The van der Waals surface area contributed by atoms with E-state index >= 15 is 0 Å². The van der Waals surface area contributed by atoms with E-state index in [0.717, 1.165) is 18.7 Å². The smallest absolute Gasteiger partial charge is 0.141 e. The van der Waals surface area contributed by atoms with Gasteiger partial charge in [0.05, 0.1) is 0 Å². The van der Waals surface area contributed by atoms with Crippen molar-refractivity contribution in [1.82, 2.24) is 9.55 Å². The molecule has 0 spiro atoms. The summed E-state index contributed by atoms with van der Waals surface area (Å²) >= 11 is 0. The number of hydrogen-bond donors (Lipinski definition) is 1. The largest absolute Gasteiger partial charge is 0.381 e. The number of aryl methyl sites for hydroxylation is 1. The van der Waals surface area contributed by atoms with Gasteiger partial charge in [0.1, 0.15) is 11.4 Å². The van der Waals surface area contributed by atoms with Crippen molar-refractivity contribution in [2.24, 2.45) is 12.5 Å². The molecule has 13 heavy (non-hydrogen) atoms. The van der Waals surface area contributed by atoms with Gasteiger partial charge >= 0.3 is 0 Å². The highest BCUT2D eigenvalue weighted by Crippen LogP contribution is 2.54. The summed E-state index contributed by atoms with van der Waals surface area (Å²) in [5, 5.41) is 10.4. The fourth-order valence-corrected chi connectivity index (χ4v) is 2.04. The highest BCUT2D eigenvalue weighted by Gasteiger charge is 2.55. The summed E-state index contributed by atoms with van der Waals surface area (Å²) in [5.74, 6) is 0.795. The number of rotatable bonds is 1. The summed E-state index contributed by atoms with van der Waals surface area (Å²) in [6, 6.07) is 0. The molecular formula is C10H16N2O. The van der Waals surface area contributed by atoms with E-state index in [1.54, 1.807) is 6.20 Å². The Labute approximate surface area is 78.4 Å². The van der Waals surface area contributed by atoms with E-state index in [1.807, 2.05) is 17.8 Å². The van der Waals surface area contributed by atoms with E-state index in [0.29, 0.717) is 0 Å². The van der Waals surface area contributed by atoms with Crippen LogP contribution in [0.25, 0.3) is 0 Å². The maximum Gasteiger partial charge on any atom is 0.141 e. The molecule has 0 saturated heterocycles. The van der Waals surface area contributed by atoms with Gasteiger partial charge in [-0.2, -0.15) is 0 Å². The SMILES string of the molecule is Cn1ccnc1C1(O)CCC1(C)C. The van der Waals surface area contributed by atoms with Gasteiger partial charge in [-0.05, 0) is 12.8 Å². The molecule has 1 saturated carbocycles. The van der Waals surface area contributed by atoms with Crippen LogP contribution in [0.1, 0.15) is 32.5 Å². The van der Waals surface area contributed by atoms with Gasteiger partial charge in [-0.15, -0.1) is 0 Å². The molecule has 1 unspecified atom stereocenters. The van der Waals surface area contributed by atoms with E-state index in [9.17, 15) is 5.11 Å². The Hall–Kier alpha value is -0.830. The number of aliphatic hydroxyl groups is 1. The first kappa shape index (κ1) is 8.75. The van der Waals surface area contributed by atoms with Gasteiger partial charge in [0.25, 0.3) is 0 Å². The van der Waals surface area contributed by atoms with E-state index in [4.69, 9.17) is 0 Å². The molecule has 1 aliphatic rings. The molecule has 1 aliphatic carbocycles. The van der Waals surface area contributed by atoms with Gasteiger partial charge in [-0.1, -0.05) is 13.8 Å². The molecule has 3 nitrogen and oxygen atoms in total. The second kappa shape index (κ2) is 2.35. The summed E-state index contributed by atoms with van der Waals surface area (Å²) in [6.45, 7) is 4.18. The van der Waals surface area contributed by atoms with Crippen LogP contribution >= 0.6 is 0 Å². The minimum absolute atomic E-state index is 0.0356. The lowest BCUT2D eigenvalue weighted by Crippen LogP contribution is -2.52.